The van der Waals surface area contributed by atoms with Crippen LogP contribution in [0.2, 0.25) is 0 Å². The van der Waals surface area contributed by atoms with Crippen LogP contribution < -0.4 is 5.90 Å². The van der Waals surface area contributed by atoms with Gasteiger partial charge in [-0.15, -0.1) is 0 Å². The smallest absolute Gasteiger partial charge is 0.101 e. The normalized spacial score (nSPS) is 13.3. The summed E-state index contributed by atoms with van der Waals surface area (Å²) in [5.41, 5.74) is 2.45. The molecule has 0 saturated heterocycles. The fourth-order valence-corrected chi connectivity index (χ4v) is 1.25. The lowest BCUT2D eigenvalue weighted by atomic mass is 9.99. The number of hydrogen-bond donors (Lipinski definition) is 1. The lowest BCUT2D eigenvalue weighted by Crippen LogP contribution is -2.05. The minimum Gasteiger partial charge on any atom is -0.297 e. The highest BCUT2D eigenvalue weighted by atomic mass is 16.6. The molecule has 0 aromatic heterocycles. The van der Waals surface area contributed by atoms with Gasteiger partial charge in [-0.05, 0) is 24.0 Å². The van der Waals surface area contributed by atoms with E-state index in [1.54, 1.807) is 0 Å². The van der Waals surface area contributed by atoms with Crippen molar-refractivity contribution in [3.8, 4) is 0 Å². The fourth-order valence-electron chi connectivity index (χ4n) is 1.25. The molecule has 1 aromatic rings. The molecule has 13 heavy (non-hydrogen) atoms. The van der Waals surface area contributed by atoms with Crippen LogP contribution in [-0.2, 0) is 4.84 Å². The van der Waals surface area contributed by atoms with Crippen molar-refractivity contribution in [1.82, 2.24) is 0 Å². The second-order valence-corrected chi connectivity index (χ2v) is 3.60. The molecule has 1 atom stereocenters. The summed E-state index contributed by atoms with van der Waals surface area (Å²) in [7, 11) is 0. The van der Waals surface area contributed by atoms with Gasteiger partial charge in [0, 0.05) is 0 Å². The second kappa shape index (κ2) is 4.40. The van der Waals surface area contributed by atoms with Gasteiger partial charge in [-0.2, -0.15) is 0 Å². The molecule has 0 amide bonds. The lowest BCUT2D eigenvalue weighted by molar-refractivity contribution is 0.0663. The molecule has 0 radical (unpaired) electrons. The van der Waals surface area contributed by atoms with Gasteiger partial charge in [0.2, 0.25) is 0 Å². The first-order valence-electron chi connectivity index (χ1n) is 4.60. The largest absolute Gasteiger partial charge is 0.297 e. The molecular formula is C11H17NO. The van der Waals surface area contributed by atoms with Crippen LogP contribution >= 0.6 is 0 Å². The van der Waals surface area contributed by atoms with E-state index in [0.717, 1.165) is 5.56 Å². The Morgan fingerprint density at radius 3 is 2.31 bits per heavy atom. The Bertz CT molecular complexity index is 271. The van der Waals surface area contributed by atoms with Gasteiger partial charge in [0.05, 0.1) is 0 Å². The van der Waals surface area contributed by atoms with Crippen molar-refractivity contribution in [3.05, 3.63) is 35.4 Å². The Hall–Kier alpha value is -0.860. The molecule has 72 valence electrons. The summed E-state index contributed by atoms with van der Waals surface area (Å²) in [4.78, 5) is 4.77. The maximum atomic E-state index is 5.13. The first-order chi connectivity index (χ1) is 6.15. The Morgan fingerprint density at radius 1 is 1.15 bits per heavy atom. The first kappa shape index (κ1) is 10.2. The summed E-state index contributed by atoms with van der Waals surface area (Å²) in [6.07, 6.45) is -0.0290. The predicted molar refractivity (Wildman–Crippen MR) is 54.2 cm³/mol. The summed E-state index contributed by atoms with van der Waals surface area (Å²) in [5, 5.41) is 0. The van der Waals surface area contributed by atoms with Crippen molar-refractivity contribution in [3.63, 3.8) is 0 Å². The topological polar surface area (TPSA) is 35.2 Å². The van der Waals surface area contributed by atoms with Gasteiger partial charge < -0.3 is 0 Å². The SMILES string of the molecule is CC(C)c1cccc(C(C)ON)c1. The minimum atomic E-state index is -0.0290. The maximum absolute atomic E-state index is 5.13. The standard InChI is InChI=1S/C11H17NO/c1-8(2)10-5-4-6-11(7-10)9(3)13-12/h4-9H,12H2,1-3H3. The van der Waals surface area contributed by atoms with Crippen molar-refractivity contribution in [1.29, 1.82) is 0 Å². The summed E-state index contributed by atoms with van der Waals surface area (Å²) in [6.45, 7) is 6.29. The Morgan fingerprint density at radius 2 is 1.77 bits per heavy atom. The van der Waals surface area contributed by atoms with Crippen LogP contribution in [0.3, 0.4) is 0 Å². The highest BCUT2D eigenvalue weighted by Gasteiger charge is 2.06. The van der Waals surface area contributed by atoms with E-state index in [1.807, 2.05) is 19.1 Å². The third kappa shape index (κ3) is 2.54. The highest BCUT2D eigenvalue weighted by molar-refractivity contribution is 5.26. The minimum absolute atomic E-state index is 0.0290. The quantitative estimate of drug-likeness (QED) is 0.724. The molecule has 1 aromatic carbocycles. The van der Waals surface area contributed by atoms with E-state index in [-0.39, 0.29) is 6.10 Å². The Labute approximate surface area is 79.7 Å². The van der Waals surface area contributed by atoms with Gasteiger partial charge >= 0.3 is 0 Å². The maximum Gasteiger partial charge on any atom is 0.101 e. The Balaban J connectivity index is 2.91. The Kier molecular flexibility index (Phi) is 3.46. The molecule has 0 heterocycles. The van der Waals surface area contributed by atoms with Crippen LogP contribution in [-0.4, -0.2) is 0 Å². The summed E-state index contributed by atoms with van der Waals surface area (Å²) in [6, 6.07) is 8.34. The van der Waals surface area contributed by atoms with E-state index in [2.05, 4.69) is 26.0 Å². The summed E-state index contributed by atoms with van der Waals surface area (Å²) < 4.78 is 0. The van der Waals surface area contributed by atoms with Crippen LogP contribution in [0.25, 0.3) is 0 Å². The average molecular weight is 179 g/mol. The predicted octanol–water partition coefficient (Wildman–Crippen LogP) is 2.76. The summed E-state index contributed by atoms with van der Waals surface area (Å²) in [5.74, 6) is 5.68. The zero-order valence-corrected chi connectivity index (χ0v) is 8.45. The molecule has 0 aliphatic heterocycles. The van der Waals surface area contributed by atoms with Crippen molar-refractivity contribution < 1.29 is 4.84 Å². The molecule has 0 spiro atoms. The van der Waals surface area contributed by atoms with Crippen LogP contribution in [0.4, 0.5) is 0 Å². The van der Waals surface area contributed by atoms with Gasteiger partial charge in [-0.1, -0.05) is 38.1 Å². The molecule has 1 rings (SSSR count). The van der Waals surface area contributed by atoms with E-state index in [1.165, 1.54) is 5.56 Å². The number of benzene rings is 1. The zero-order valence-electron chi connectivity index (χ0n) is 8.45. The van der Waals surface area contributed by atoms with Crippen molar-refractivity contribution in [2.24, 2.45) is 5.90 Å². The van der Waals surface area contributed by atoms with Gasteiger partial charge in [-0.25, -0.2) is 5.90 Å². The molecule has 2 nitrogen and oxygen atoms in total. The third-order valence-electron chi connectivity index (χ3n) is 2.25. The molecular weight excluding hydrogens is 162 g/mol. The van der Waals surface area contributed by atoms with E-state index in [9.17, 15) is 0 Å². The lowest BCUT2D eigenvalue weighted by Gasteiger charge is -2.12. The molecule has 0 fully saturated rings. The van der Waals surface area contributed by atoms with Crippen molar-refractivity contribution in [2.45, 2.75) is 32.8 Å². The van der Waals surface area contributed by atoms with E-state index >= 15 is 0 Å². The van der Waals surface area contributed by atoms with Crippen LogP contribution in [0, 0.1) is 0 Å². The van der Waals surface area contributed by atoms with Crippen LogP contribution in [0.1, 0.15) is 43.9 Å². The number of rotatable bonds is 3. The molecule has 0 saturated carbocycles. The van der Waals surface area contributed by atoms with Crippen molar-refractivity contribution in [2.75, 3.05) is 0 Å². The van der Waals surface area contributed by atoms with Gasteiger partial charge in [-0.3, -0.25) is 4.84 Å². The molecule has 0 aliphatic rings. The van der Waals surface area contributed by atoms with Gasteiger partial charge in [0.25, 0.3) is 0 Å². The monoisotopic (exact) mass is 179 g/mol. The first-order valence-corrected chi connectivity index (χ1v) is 4.60. The number of nitrogens with two attached hydrogens (primary N) is 1. The van der Waals surface area contributed by atoms with Crippen molar-refractivity contribution >= 4 is 0 Å². The molecule has 2 N–H and O–H groups in total. The van der Waals surface area contributed by atoms with E-state index in [0.29, 0.717) is 5.92 Å². The van der Waals surface area contributed by atoms with Gasteiger partial charge in [0.1, 0.15) is 6.10 Å². The molecule has 2 heteroatoms. The second-order valence-electron chi connectivity index (χ2n) is 3.60. The highest BCUT2D eigenvalue weighted by Crippen LogP contribution is 2.20. The van der Waals surface area contributed by atoms with E-state index < -0.39 is 0 Å². The molecule has 0 aliphatic carbocycles. The third-order valence-corrected chi connectivity index (χ3v) is 2.25. The molecule has 0 bridgehead atoms. The molecule has 1 unspecified atom stereocenters. The van der Waals surface area contributed by atoms with Gasteiger partial charge in [0.15, 0.2) is 0 Å². The number of hydrogen-bond acceptors (Lipinski definition) is 2. The zero-order chi connectivity index (χ0) is 9.84. The fraction of sp³-hybridized carbons (Fsp3) is 0.455. The van der Waals surface area contributed by atoms with E-state index in [4.69, 9.17) is 10.7 Å². The average Bonchev–Trinajstić information content (AvgIpc) is 2.17. The van der Waals surface area contributed by atoms with Crippen LogP contribution in [0.5, 0.6) is 0 Å². The summed E-state index contributed by atoms with van der Waals surface area (Å²) >= 11 is 0. The van der Waals surface area contributed by atoms with Crippen LogP contribution in [0.15, 0.2) is 24.3 Å².